The summed E-state index contributed by atoms with van der Waals surface area (Å²) in [6, 6.07) is 8.22. The number of aromatic nitrogens is 4. The van der Waals surface area contributed by atoms with Gasteiger partial charge in [-0.1, -0.05) is 17.7 Å². The largest absolute Gasteiger partial charge is 0.378 e. The smallest absolute Gasteiger partial charge is 0.229 e. The minimum absolute atomic E-state index is 0.694. The minimum atomic E-state index is 0.694. The van der Waals surface area contributed by atoms with Gasteiger partial charge >= 0.3 is 0 Å². The lowest BCUT2D eigenvalue weighted by atomic mass is 10.2. The van der Waals surface area contributed by atoms with Crippen molar-refractivity contribution in [1.29, 1.82) is 0 Å². The summed E-state index contributed by atoms with van der Waals surface area (Å²) in [7, 11) is 0. The summed E-state index contributed by atoms with van der Waals surface area (Å²) in [4.78, 5) is 11.4. The van der Waals surface area contributed by atoms with Gasteiger partial charge in [0.2, 0.25) is 5.95 Å². The lowest BCUT2D eigenvalue weighted by molar-refractivity contribution is 0.122. The second-order valence-corrected chi connectivity index (χ2v) is 5.59. The van der Waals surface area contributed by atoms with Crippen LogP contribution in [-0.4, -0.2) is 46.5 Å². The van der Waals surface area contributed by atoms with Gasteiger partial charge in [-0.2, -0.15) is 15.1 Å². The zero-order chi connectivity index (χ0) is 15.6. The molecular weight excluding hydrogens is 292 g/mol. The number of hydrogen-bond acceptors (Lipinski definition) is 6. The standard InChI is InChI=1S/C16H18N6O/c1-11-2-4-12(5-3-11)18-14-13-10-17-21-15(13)20-16(19-14)22-6-8-23-9-7-22/h2-5,10H,6-9H2,1H3,(H2,17,18,19,20,21). The van der Waals surface area contributed by atoms with Gasteiger partial charge in [0.25, 0.3) is 0 Å². The van der Waals surface area contributed by atoms with E-state index in [1.165, 1.54) is 5.56 Å². The van der Waals surface area contributed by atoms with Crippen LogP contribution in [0.1, 0.15) is 5.56 Å². The maximum atomic E-state index is 5.40. The number of benzene rings is 1. The van der Waals surface area contributed by atoms with E-state index < -0.39 is 0 Å². The van der Waals surface area contributed by atoms with Crippen molar-refractivity contribution in [3.05, 3.63) is 36.0 Å². The van der Waals surface area contributed by atoms with E-state index in [-0.39, 0.29) is 0 Å². The number of fused-ring (bicyclic) bond motifs is 1. The van der Waals surface area contributed by atoms with Gasteiger partial charge in [0.05, 0.1) is 24.8 Å². The van der Waals surface area contributed by atoms with Crippen molar-refractivity contribution >= 4 is 28.5 Å². The molecule has 1 aromatic carbocycles. The summed E-state index contributed by atoms with van der Waals surface area (Å²) in [5.74, 6) is 1.45. The number of hydrogen-bond donors (Lipinski definition) is 2. The summed E-state index contributed by atoms with van der Waals surface area (Å²) >= 11 is 0. The van der Waals surface area contributed by atoms with Gasteiger partial charge in [-0.25, -0.2) is 0 Å². The van der Waals surface area contributed by atoms with E-state index in [9.17, 15) is 0 Å². The van der Waals surface area contributed by atoms with Gasteiger partial charge in [-0.3, -0.25) is 5.10 Å². The monoisotopic (exact) mass is 310 g/mol. The van der Waals surface area contributed by atoms with Crippen LogP contribution in [-0.2, 0) is 4.74 Å². The van der Waals surface area contributed by atoms with Crippen molar-refractivity contribution < 1.29 is 4.74 Å². The molecule has 118 valence electrons. The Morgan fingerprint density at radius 1 is 1.13 bits per heavy atom. The molecule has 1 aliphatic rings. The maximum absolute atomic E-state index is 5.40. The fourth-order valence-electron chi connectivity index (χ4n) is 2.60. The molecule has 1 saturated heterocycles. The van der Waals surface area contributed by atoms with E-state index in [1.807, 2.05) is 12.1 Å². The van der Waals surface area contributed by atoms with Crippen LogP contribution >= 0.6 is 0 Å². The predicted octanol–water partition coefficient (Wildman–Crippen LogP) is 2.24. The Morgan fingerprint density at radius 2 is 1.91 bits per heavy atom. The number of anilines is 3. The second kappa shape index (κ2) is 5.85. The van der Waals surface area contributed by atoms with Gasteiger partial charge in [0, 0.05) is 18.8 Å². The maximum Gasteiger partial charge on any atom is 0.229 e. The molecule has 0 spiro atoms. The Balaban J connectivity index is 1.71. The van der Waals surface area contributed by atoms with Gasteiger partial charge in [-0.05, 0) is 19.1 Å². The second-order valence-electron chi connectivity index (χ2n) is 5.59. The number of aromatic amines is 1. The number of rotatable bonds is 3. The third-order valence-corrected chi connectivity index (χ3v) is 3.91. The summed E-state index contributed by atoms with van der Waals surface area (Å²) in [6.45, 7) is 5.06. The molecule has 0 unspecified atom stereocenters. The third kappa shape index (κ3) is 2.83. The normalized spacial score (nSPS) is 15.1. The van der Waals surface area contributed by atoms with Crippen LogP contribution < -0.4 is 10.2 Å². The Morgan fingerprint density at radius 3 is 2.70 bits per heavy atom. The fraction of sp³-hybridized carbons (Fsp3) is 0.312. The quantitative estimate of drug-likeness (QED) is 0.772. The molecule has 2 N–H and O–H groups in total. The molecule has 0 aliphatic carbocycles. The van der Waals surface area contributed by atoms with Crippen molar-refractivity contribution in [2.45, 2.75) is 6.92 Å². The number of H-pyrrole nitrogens is 1. The summed E-state index contributed by atoms with van der Waals surface area (Å²) in [5, 5.41) is 11.3. The molecule has 7 nitrogen and oxygen atoms in total. The first-order chi connectivity index (χ1) is 11.3. The van der Waals surface area contributed by atoms with E-state index in [4.69, 9.17) is 9.72 Å². The SMILES string of the molecule is Cc1ccc(Nc2nc(N3CCOCC3)nc3[nH]ncc23)cc1. The number of ether oxygens (including phenoxy) is 1. The zero-order valence-corrected chi connectivity index (χ0v) is 12.9. The third-order valence-electron chi connectivity index (χ3n) is 3.91. The Hall–Kier alpha value is -2.67. The molecule has 3 heterocycles. The van der Waals surface area contributed by atoms with Crippen LogP contribution in [0, 0.1) is 6.92 Å². The average molecular weight is 310 g/mol. The highest BCUT2D eigenvalue weighted by atomic mass is 16.5. The molecule has 4 rings (SSSR count). The van der Waals surface area contributed by atoms with E-state index in [0.29, 0.717) is 19.2 Å². The van der Waals surface area contributed by atoms with Crippen LogP contribution in [0.2, 0.25) is 0 Å². The molecule has 0 bridgehead atoms. The molecule has 0 amide bonds. The molecule has 1 aliphatic heterocycles. The summed E-state index contributed by atoms with van der Waals surface area (Å²) < 4.78 is 5.40. The Kier molecular flexibility index (Phi) is 3.55. The topological polar surface area (TPSA) is 79.0 Å². The lowest BCUT2D eigenvalue weighted by Crippen LogP contribution is -2.37. The highest BCUT2D eigenvalue weighted by molar-refractivity contribution is 5.89. The van der Waals surface area contributed by atoms with Crippen LogP contribution in [0.25, 0.3) is 11.0 Å². The summed E-state index contributed by atoms with van der Waals surface area (Å²) in [5.41, 5.74) is 2.95. The van der Waals surface area contributed by atoms with E-state index in [1.54, 1.807) is 6.20 Å². The molecule has 23 heavy (non-hydrogen) atoms. The molecule has 1 fully saturated rings. The van der Waals surface area contributed by atoms with Crippen LogP contribution in [0.4, 0.5) is 17.5 Å². The van der Waals surface area contributed by atoms with E-state index in [0.717, 1.165) is 35.6 Å². The number of aryl methyl sites for hydroxylation is 1. The number of morpholine rings is 1. The fourth-order valence-corrected chi connectivity index (χ4v) is 2.60. The first-order valence-corrected chi connectivity index (χ1v) is 7.67. The zero-order valence-electron chi connectivity index (χ0n) is 12.9. The molecule has 0 radical (unpaired) electrons. The van der Waals surface area contributed by atoms with Gasteiger partial charge in [-0.15, -0.1) is 0 Å². The molecule has 7 heteroatoms. The average Bonchev–Trinajstić information content (AvgIpc) is 3.06. The van der Waals surface area contributed by atoms with Gasteiger partial charge < -0.3 is 15.0 Å². The van der Waals surface area contributed by atoms with Gasteiger partial charge in [0.15, 0.2) is 5.65 Å². The Bertz CT molecular complexity index is 807. The van der Waals surface area contributed by atoms with Crippen LogP contribution in [0.5, 0.6) is 0 Å². The molecule has 3 aromatic rings. The molecular formula is C16H18N6O. The van der Waals surface area contributed by atoms with Crippen molar-refractivity contribution in [3.8, 4) is 0 Å². The van der Waals surface area contributed by atoms with Crippen molar-refractivity contribution in [2.75, 3.05) is 36.5 Å². The molecule has 0 saturated carbocycles. The molecule has 2 aromatic heterocycles. The lowest BCUT2D eigenvalue weighted by Gasteiger charge is -2.27. The summed E-state index contributed by atoms with van der Waals surface area (Å²) in [6.07, 6.45) is 1.74. The van der Waals surface area contributed by atoms with E-state index >= 15 is 0 Å². The van der Waals surface area contributed by atoms with Crippen molar-refractivity contribution in [2.24, 2.45) is 0 Å². The minimum Gasteiger partial charge on any atom is -0.378 e. The first-order valence-electron chi connectivity index (χ1n) is 7.67. The van der Waals surface area contributed by atoms with Crippen molar-refractivity contribution in [3.63, 3.8) is 0 Å². The highest BCUT2D eigenvalue weighted by Gasteiger charge is 2.17. The Labute approximate surface area is 133 Å². The van der Waals surface area contributed by atoms with Crippen molar-refractivity contribution in [1.82, 2.24) is 20.2 Å². The highest BCUT2D eigenvalue weighted by Crippen LogP contribution is 2.25. The first kappa shape index (κ1) is 14.0. The van der Waals surface area contributed by atoms with Crippen LogP contribution in [0.3, 0.4) is 0 Å². The molecule has 0 atom stereocenters. The van der Waals surface area contributed by atoms with E-state index in [2.05, 4.69) is 44.5 Å². The van der Waals surface area contributed by atoms with Gasteiger partial charge in [0.1, 0.15) is 5.82 Å². The predicted molar refractivity (Wildman–Crippen MR) is 89.2 cm³/mol. The van der Waals surface area contributed by atoms with Crippen LogP contribution in [0.15, 0.2) is 30.5 Å². The number of nitrogens with one attached hydrogen (secondary N) is 2. The number of nitrogens with zero attached hydrogens (tertiary/aromatic N) is 4.